The summed E-state index contributed by atoms with van der Waals surface area (Å²) in [7, 11) is 1.78. The van der Waals surface area contributed by atoms with Crippen LogP contribution in [-0.4, -0.2) is 19.6 Å². The van der Waals surface area contributed by atoms with E-state index in [2.05, 4.69) is 31.4 Å². The molecule has 114 valence electrons. The molecule has 2 heterocycles. The van der Waals surface area contributed by atoms with Gasteiger partial charge >= 0.3 is 0 Å². The van der Waals surface area contributed by atoms with Crippen LogP contribution in [-0.2, 0) is 20.1 Å². The van der Waals surface area contributed by atoms with Crippen molar-refractivity contribution in [3.05, 3.63) is 32.8 Å². The fraction of sp³-hybridized carbons (Fsp3) is 0.462. The number of aromatic nitrogens is 4. The fourth-order valence-corrected chi connectivity index (χ4v) is 2.33. The van der Waals surface area contributed by atoms with Crippen LogP contribution in [0.25, 0.3) is 0 Å². The largest absolute Gasteiger partial charge is 0.384 e. The minimum Gasteiger partial charge on any atom is -0.384 e. The molecule has 0 saturated carbocycles. The second-order valence-electron chi connectivity index (χ2n) is 5.29. The molecule has 8 heteroatoms. The number of rotatable bonds is 5. The molecule has 2 rings (SSSR count). The molecule has 7 nitrogen and oxygen atoms in total. The molecule has 0 amide bonds. The normalized spacial score (nSPS) is 11.1. The van der Waals surface area contributed by atoms with Gasteiger partial charge in [0.25, 0.3) is 5.56 Å². The molecular weight excluding hydrogens is 336 g/mol. The fourth-order valence-electron chi connectivity index (χ4n) is 1.88. The zero-order chi connectivity index (χ0) is 15.6. The molecule has 0 saturated heterocycles. The Labute approximate surface area is 131 Å². The van der Waals surface area contributed by atoms with Gasteiger partial charge in [-0.3, -0.25) is 9.48 Å². The molecule has 0 spiro atoms. The van der Waals surface area contributed by atoms with E-state index in [4.69, 9.17) is 5.73 Å². The van der Waals surface area contributed by atoms with Crippen LogP contribution in [0.2, 0.25) is 0 Å². The van der Waals surface area contributed by atoms with Crippen LogP contribution in [0.3, 0.4) is 0 Å². The average molecular weight is 355 g/mol. The minimum absolute atomic E-state index is 0.146. The zero-order valence-electron chi connectivity index (χ0n) is 12.3. The van der Waals surface area contributed by atoms with Gasteiger partial charge in [0.2, 0.25) is 0 Å². The Kier molecular flexibility index (Phi) is 4.66. The standard InChI is InChI=1S/C13H19BrN6O/c1-8(2)7-20-13(21)11(14)10(6-18-20)16-4-9-5-17-19(3)12(9)15/h5-6,8,16H,4,7,15H2,1-3H3. The first-order chi connectivity index (χ1) is 9.90. The van der Waals surface area contributed by atoms with Crippen molar-refractivity contribution >= 4 is 27.4 Å². The minimum atomic E-state index is -0.146. The molecule has 21 heavy (non-hydrogen) atoms. The van der Waals surface area contributed by atoms with Crippen molar-refractivity contribution < 1.29 is 0 Å². The average Bonchev–Trinajstić information content (AvgIpc) is 2.74. The second kappa shape index (κ2) is 6.30. The Bertz CT molecular complexity index is 690. The van der Waals surface area contributed by atoms with Gasteiger partial charge in [-0.15, -0.1) is 0 Å². The quantitative estimate of drug-likeness (QED) is 0.850. The number of halogens is 1. The van der Waals surface area contributed by atoms with E-state index in [0.717, 1.165) is 5.56 Å². The number of nitrogens with two attached hydrogens (primary N) is 1. The predicted octanol–water partition coefficient (Wildman–Crippen LogP) is 1.59. The maximum Gasteiger partial charge on any atom is 0.283 e. The third kappa shape index (κ3) is 3.44. The Hall–Kier alpha value is -1.83. The smallest absolute Gasteiger partial charge is 0.283 e. The number of nitrogens with one attached hydrogen (secondary N) is 1. The monoisotopic (exact) mass is 354 g/mol. The molecule has 0 radical (unpaired) electrons. The van der Waals surface area contributed by atoms with Crippen molar-refractivity contribution in [1.82, 2.24) is 19.6 Å². The summed E-state index contributed by atoms with van der Waals surface area (Å²) in [5, 5.41) is 11.4. The van der Waals surface area contributed by atoms with Crippen molar-refractivity contribution in [2.24, 2.45) is 13.0 Å². The number of aryl methyl sites for hydroxylation is 1. The van der Waals surface area contributed by atoms with E-state index in [9.17, 15) is 4.79 Å². The first kappa shape index (κ1) is 15.6. The van der Waals surface area contributed by atoms with Crippen LogP contribution in [0.15, 0.2) is 21.7 Å². The van der Waals surface area contributed by atoms with Gasteiger partial charge in [-0.1, -0.05) is 13.8 Å². The Morgan fingerprint density at radius 3 is 2.67 bits per heavy atom. The molecule has 3 N–H and O–H groups in total. The Morgan fingerprint density at radius 2 is 2.10 bits per heavy atom. The van der Waals surface area contributed by atoms with E-state index in [1.54, 1.807) is 24.1 Å². The van der Waals surface area contributed by atoms with Gasteiger partial charge in [0.15, 0.2) is 0 Å². The van der Waals surface area contributed by atoms with E-state index < -0.39 is 0 Å². The van der Waals surface area contributed by atoms with Crippen molar-refractivity contribution in [3.8, 4) is 0 Å². The molecule has 0 aliphatic rings. The topological polar surface area (TPSA) is 90.8 Å². The highest BCUT2D eigenvalue weighted by Gasteiger charge is 2.11. The molecular formula is C13H19BrN6O. The van der Waals surface area contributed by atoms with Gasteiger partial charge < -0.3 is 11.1 Å². The molecule has 0 bridgehead atoms. The molecule has 2 aromatic heterocycles. The number of nitrogens with zero attached hydrogens (tertiary/aromatic N) is 4. The summed E-state index contributed by atoms with van der Waals surface area (Å²) in [5.41, 5.74) is 7.25. The number of anilines is 2. The molecule has 2 aromatic rings. The van der Waals surface area contributed by atoms with Crippen molar-refractivity contribution in [2.75, 3.05) is 11.1 Å². The maximum atomic E-state index is 12.2. The third-order valence-corrected chi connectivity index (χ3v) is 3.82. The van der Waals surface area contributed by atoms with Gasteiger partial charge in [0.05, 0.1) is 18.1 Å². The molecule has 0 unspecified atom stereocenters. The summed E-state index contributed by atoms with van der Waals surface area (Å²) in [6.45, 7) is 5.15. The molecule has 0 atom stereocenters. The lowest BCUT2D eigenvalue weighted by Gasteiger charge is -2.11. The van der Waals surface area contributed by atoms with Gasteiger partial charge in [0.1, 0.15) is 10.3 Å². The first-order valence-electron chi connectivity index (χ1n) is 6.66. The number of nitrogen functional groups attached to an aromatic ring is 1. The Morgan fingerprint density at radius 1 is 1.38 bits per heavy atom. The molecule has 0 aliphatic carbocycles. The third-order valence-electron chi connectivity index (χ3n) is 3.06. The van der Waals surface area contributed by atoms with Crippen molar-refractivity contribution in [2.45, 2.75) is 26.9 Å². The van der Waals surface area contributed by atoms with E-state index in [1.165, 1.54) is 4.68 Å². The van der Waals surface area contributed by atoms with Gasteiger partial charge in [-0.05, 0) is 21.8 Å². The van der Waals surface area contributed by atoms with Crippen LogP contribution < -0.4 is 16.6 Å². The van der Waals surface area contributed by atoms with Gasteiger partial charge in [-0.25, -0.2) is 4.68 Å². The molecule has 0 aliphatic heterocycles. The maximum absolute atomic E-state index is 12.2. The second-order valence-corrected chi connectivity index (χ2v) is 6.08. The van der Waals surface area contributed by atoms with Crippen molar-refractivity contribution in [3.63, 3.8) is 0 Å². The van der Waals surface area contributed by atoms with E-state index in [0.29, 0.717) is 35.0 Å². The van der Waals surface area contributed by atoms with Crippen molar-refractivity contribution in [1.29, 1.82) is 0 Å². The lowest BCUT2D eigenvalue weighted by atomic mass is 10.2. The lowest BCUT2D eigenvalue weighted by molar-refractivity contribution is 0.462. The molecule has 0 aromatic carbocycles. The summed E-state index contributed by atoms with van der Waals surface area (Å²) < 4.78 is 3.53. The Balaban J connectivity index is 2.16. The van der Waals surface area contributed by atoms with Crippen LogP contribution in [0, 0.1) is 5.92 Å². The van der Waals surface area contributed by atoms with Crippen LogP contribution in [0.4, 0.5) is 11.5 Å². The van der Waals surface area contributed by atoms with Crippen LogP contribution in [0.1, 0.15) is 19.4 Å². The predicted molar refractivity (Wildman–Crippen MR) is 86.0 cm³/mol. The molecule has 0 fully saturated rings. The number of hydrogen-bond donors (Lipinski definition) is 2. The van der Waals surface area contributed by atoms with E-state index in [-0.39, 0.29) is 5.56 Å². The van der Waals surface area contributed by atoms with Crippen LogP contribution >= 0.6 is 15.9 Å². The van der Waals surface area contributed by atoms with Gasteiger partial charge in [-0.2, -0.15) is 10.2 Å². The van der Waals surface area contributed by atoms with E-state index in [1.807, 2.05) is 13.8 Å². The number of hydrogen-bond acceptors (Lipinski definition) is 5. The SMILES string of the molecule is CC(C)Cn1ncc(NCc2cnn(C)c2N)c(Br)c1=O. The lowest BCUT2D eigenvalue weighted by Crippen LogP contribution is -2.26. The summed E-state index contributed by atoms with van der Waals surface area (Å²) in [5.74, 6) is 0.954. The first-order valence-corrected chi connectivity index (χ1v) is 7.45. The zero-order valence-corrected chi connectivity index (χ0v) is 13.9. The highest BCUT2D eigenvalue weighted by molar-refractivity contribution is 9.10. The van der Waals surface area contributed by atoms with E-state index >= 15 is 0 Å². The summed E-state index contributed by atoms with van der Waals surface area (Å²) >= 11 is 3.33. The highest BCUT2D eigenvalue weighted by atomic mass is 79.9. The summed E-state index contributed by atoms with van der Waals surface area (Å²) in [6, 6.07) is 0. The van der Waals surface area contributed by atoms with Gasteiger partial charge in [0, 0.05) is 25.7 Å². The summed E-state index contributed by atoms with van der Waals surface area (Å²) in [4.78, 5) is 12.2. The highest BCUT2D eigenvalue weighted by Crippen LogP contribution is 2.18. The van der Waals surface area contributed by atoms with Crippen LogP contribution in [0.5, 0.6) is 0 Å². The summed E-state index contributed by atoms with van der Waals surface area (Å²) in [6.07, 6.45) is 3.34.